The molecule has 0 atom stereocenters. The standard InChI is InChI=1S/C22H19FN2O4/c23-16-5-8-18(9-6-16)29-14-21(26)24-17-7-10-19-15(13-17)3-1-11-25(19)22(27)20-4-2-12-28-20/h2,4-10,12-13H,1,3,11,14H2,(H,24,26). The molecule has 1 aromatic heterocycles. The summed E-state index contributed by atoms with van der Waals surface area (Å²) in [6.45, 7) is 0.426. The summed E-state index contributed by atoms with van der Waals surface area (Å²) < 4.78 is 23.5. The van der Waals surface area contributed by atoms with E-state index >= 15 is 0 Å². The first kappa shape index (κ1) is 18.7. The lowest BCUT2D eigenvalue weighted by atomic mass is 10.0. The highest BCUT2D eigenvalue weighted by Crippen LogP contribution is 2.31. The minimum atomic E-state index is -0.365. The smallest absolute Gasteiger partial charge is 0.293 e. The molecule has 29 heavy (non-hydrogen) atoms. The summed E-state index contributed by atoms with van der Waals surface area (Å²) in [5.41, 5.74) is 2.43. The van der Waals surface area contributed by atoms with E-state index in [1.165, 1.54) is 30.5 Å². The molecule has 1 aliphatic heterocycles. The molecule has 148 valence electrons. The van der Waals surface area contributed by atoms with Gasteiger partial charge in [0.2, 0.25) is 0 Å². The molecule has 0 saturated carbocycles. The van der Waals surface area contributed by atoms with Gasteiger partial charge in [-0.15, -0.1) is 0 Å². The number of fused-ring (bicyclic) bond motifs is 1. The van der Waals surface area contributed by atoms with Gasteiger partial charge in [-0.2, -0.15) is 0 Å². The van der Waals surface area contributed by atoms with Crippen LogP contribution in [0.3, 0.4) is 0 Å². The summed E-state index contributed by atoms with van der Waals surface area (Å²) in [7, 11) is 0. The number of nitrogens with zero attached hydrogens (tertiary/aromatic N) is 1. The molecular weight excluding hydrogens is 375 g/mol. The molecule has 0 unspecified atom stereocenters. The van der Waals surface area contributed by atoms with Gasteiger partial charge in [0.25, 0.3) is 11.8 Å². The van der Waals surface area contributed by atoms with Gasteiger partial charge in [-0.3, -0.25) is 9.59 Å². The lowest BCUT2D eigenvalue weighted by Gasteiger charge is -2.29. The Morgan fingerprint density at radius 2 is 1.97 bits per heavy atom. The molecule has 0 fully saturated rings. The summed E-state index contributed by atoms with van der Waals surface area (Å²) in [4.78, 5) is 26.5. The monoisotopic (exact) mass is 394 g/mol. The summed E-state index contributed by atoms with van der Waals surface area (Å²) in [6.07, 6.45) is 3.11. The minimum absolute atomic E-state index is 0.180. The first-order valence-electron chi connectivity index (χ1n) is 9.27. The van der Waals surface area contributed by atoms with E-state index in [4.69, 9.17) is 9.15 Å². The van der Waals surface area contributed by atoms with Crippen LogP contribution >= 0.6 is 0 Å². The third kappa shape index (κ3) is 4.29. The zero-order valence-corrected chi connectivity index (χ0v) is 15.6. The maximum absolute atomic E-state index is 12.9. The predicted octanol–water partition coefficient (Wildman–Crippen LogP) is 4.03. The number of carbonyl (C=O) groups excluding carboxylic acids is 2. The number of furan rings is 1. The highest BCUT2D eigenvalue weighted by molar-refractivity contribution is 6.05. The quantitative estimate of drug-likeness (QED) is 0.709. The third-order valence-electron chi connectivity index (χ3n) is 4.64. The van der Waals surface area contributed by atoms with Gasteiger partial charge in [0.1, 0.15) is 11.6 Å². The van der Waals surface area contributed by atoms with Gasteiger partial charge in [0, 0.05) is 17.9 Å². The number of benzene rings is 2. The summed E-state index contributed by atoms with van der Waals surface area (Å²) in [5, 5.41) is 2.79. The van der Waals surface area contributed by atoms with E-state index in [-0.39, 0.29) is 24.2 Å². The number of nitrogens with one attached hydrogen (secondary N) is 1. The van der Waals surface area contributed by atoms with Gasteiger partial charge < -0.3 is 19.4 Å². The van der Waals surface area contributed by atoms with Gasteiger partial charge in [-0.05, 0) is 73.0 Å². The number of carbonyl (C=O) groups is 2. The van der Waals surface area contributed by atoms with E-state index in [1.54, 1.807) is 23.1 Å². The van der Waals surface area contributed by atoms with Crippen molar-refractivity contribution in [3.05, 3.63) is 78.0 Å². The second kappa shape index (κ2) is 8.18. The van der Waals surface area contributed by atoms with E-state index in [2.05, 4.69) is 5.32 Å². The fourth-order valence-corrected chi connectivity index (χ4v) is 3.30. The molecule has 0 saturated heterocycles. The molecule has 2 heterocycles. The van der Waals surface area contributed by atoms with Crippen molar-refractivity contribution in [1.82, 2.24) is 0 Å². The minimum Gasteiger partial charge on any atom is -0.484 e. The highest BCUT2D eigenvalue weighted by atomic mass is 19.1. The van der Waals surface area contributed by atoms with Crippen molar-refractivity contribution >= 4 is 23.2 Å². The first-order chi connectivity index (χ1) is 14.1. The molecule has 2 aromatic carbocycles. The molecule has 1 aliphatic rings. The SMILES string of the molecule is O=C(COc1ccc(F)cc1)Nc1ccc2c(c1)CCCN2C(=O)c1ccco1. The van der Waals surface area contributed by atoms with Crippen LogP contribution in [0.5, 0.6) is 5.75 Å². The van der Waals surface area contributed by atoms with E-state index in [0.717, 1.165) is 24.1 Å². The number of aryl methyl sites for hydroxylation is 1. The van der Waals surface area contributed by atoms with Crippen molar-refractivity contribution in [2.24, 2.45) is 0 Å². The van der Waals surface area contributed by atoms with Crippen molar-refractivity contribution in [1.29, 1.82) is 0 Å². The number of hydrogen-bond acceptors (Lipinski definition) is 4. The van der Waals surface area contributed by atoms with Crippen molar-refractivity contribution < 1.29 is 23.1 Å². The average molecular weight is 394 g/mol. The Morgan fingerprint density at radius 3 is 2.72 bits per heavy atom. The van der Waals surface area contributed by atoms with Crippen LogP contribution in [-0.4, -0.2) is 25.0 Å². The summed E-state index contributed by atoms with van der Waals surface area (Å²) in [5.74, 6) is -0.156. The van der Waals surface area contributed by atoms with Crippen molar-refractivity contribution in [2.75, 3.05) is 23.4 Å². The lowest BCUT2D eigenvalue weighted by molar-refractivity contribution is -0.118. The lowest BCUT2D eigenvalue weighted by Crippen LogP contribution is -2.35. The van der Waals surface area contributed by atoms with Crippen LogP contribution in [0.1, 0.15) is 22.5 Å². The number of halogens is 1. The second-order valence-electron chi connectivity index (χ2n) is 6.67. The Hall–Kier alpha value is -3.61. The van der Waals surface area contributed by atoms with Gasteiger partial charge in [0.15, 0.2) is 12.4 Å². The Balaban J connectivity index is 1.41. The zero-order valence-electron chi connectivity index (χ0n) is 15.6. The van der Waals surface area contributed by atoms with Crippen LogP contribution < -0.4 is 15.0 Å². The number of hydrogen-bond donors (Lipinski definition) is 1. The maximum Gasteiger partial charge on any atom is 0.293 e. The number of rotatable bonds is 5. The van der Waals surface area contributed by atoms with E-state index in [9.17, 15) is 14.0 Å². The van der Waals surface area contributed by atoms with Crippen LogP contribution in [0.15, 0.2) is 65.3 Å². The molecule has 0 radical (unpaired) electrons. The fraction of sp³-hybridized carbons (Fsp3) is 0.182. The molecule has 7 heteroatoms. The number of ether oxygens (including phenoxy) is 1. The maximum atomic E-state index is 12.9. The third-order valence-corrected chi connectivity index (χ3v) is 4.64. The van der Waals surface area contributed by atoms with Crippen molar-refractivity contribution in [2.45, 2.75) is 12.8 Å². The fourth-order valence-electron chi connectivity index (χ4n) is 3.30. The Morgan fingerprint density at radius 1 is 1.14 bits per heavy atom. The van der Waals surface area contributed by atoms with Gasteiger partial charge in [0.05, 0.1) is 6.26 Å². The topological polar surface area (TPSA) is 71.8 Å². The number of anilines is 2. The Labute approximate surface area is 166 Å². The normalized spacial score (nSPS) is 12.9. The van der Waals surface area contributed by atoms with E-state index in [0.29, 0.717) is 23.7 Å². The van der Waals surface area contributed by atoms with Gasteiger partial charge in [-0.25, -0.2) is 4.39 Å². The Kier molecular flexibility index (Phi) is 5.29. The molecule has 1 N–H and O–H groups in total. The van der Waals surface area contributed by atoms with Crippen LogP contribution in [0.25, 0.3) is 0 Å². The van der Waals surface area contributed by atoms with Crippen molar-refractivity contribution in [3.8, 4) is 5.75 Å². The van der Waals surface area contributed by atoms with Crippen LogP contribution in [0.4, 0.5) is 15.8 Å². The van der Waals surface area contributed by atoms with Crippen molar-refractivity contribution in [3.63, 3.8) is 0 Å². The molecule has 4 rings (SSSR count). The van der Waals surface area contributed by atoms with Gasteiger partial charge >= 0.3 is 0 Å². The molecule has 2 amide bonds. The highest BCUT2D eigenvalue weighted by Gasteiger charge is 2.25. The van der Waals surface area contributed by atoms with Crippen LogP contribution in [0, 0.1) is 5.82 Å². The predicted molar refractivity (Wildman–Crippen MR) is 106 cm³/mol. The largest absolute Gasteiger partial charge is 0.484 e. The van der Waals surface area contributed by atoms with Crippen LogP contribution in [0.2, 0.25) is 0 Å². The second-order valence-corrected chi connectivity index (χ2v) is 6.67. The Bertz CT molecular complexity index is 1020. The average Bonchev–Trinajstić information content (AvgIpc) is 3.27. The molecule has 6 nitrogen and oxygen atoms in total. The summed E-state index contributed by atoms with van der Waals surface area (Å²) in [6, 6.07) is 14.2. The van der Waals surface area contributed by atoms with Gasteiger partial charge in [-0.1, -0.05) is 0 Å². The van der Waals surface area contributed by atoms with E-state index < -0.39 is 0 Å². The molecular formula is C22H19FN2O4. The zero-order chi connectivity index (χ0) is 20.2. The van der Waals surface area contributed by atoms with E-state index in [1.807, 2.05) is 12.1 Å². The molecule has 0 bridgehead atoms. The molecule has 0 aliphatic carbocycles. The van der Waals surface area contributed by atoms with Crippen LogP contribution in [-0.2, 0) is 11.2 Å². The first-order valence-corrected chi connectivity index (χ1v) is 9.27. The molecule has 0 spiro atoms. The summed E-state index contributed by atoms with van der Waals surface area (Å²) >= 11 is 0. The molecule has 3 aromatic rings. The number of amides is 2.